The van der Waals surface area contributed by atoms with Crippen LogP contribution in [0.2, 0.25) is 5.02 Å². The number of aryl methyl sites for hydroxylation is 1. The Morgan fingerprint density at radius 3 is 2.32 bits per heavy atom. The highest BCUT2D eigenvalue weighted by molar-refractivity contribution is 7.90. The molecule has 0 aliphatic heterocycles. The number of fused-ring (bicyclic) bond motifs is 1. The summed E-state index contributed by atoms with van der Waals surface area (Å²) in [5.41, 5.74) is 2.18. The number of hydrogen-bond acceptors (Lipinski definition) is 6. The van der Waals surface area contributed by atoms with Crippen molar-refractivity contribution in [2.75, 3.05) is 19.5 Å². The number of benzene rings is 3. The topological polar surface area (TPSA) is 98.7 Å². The zero-order chi connectivity index (χ0) is 24.5. The second kappa shape index (κ2) is 9.28. The third kappa shape index (κ3) is 4.52. The smallest absolute Gasteiger partial charge is 0.281 e. The van der Waals surface area contributed by atoms with Gasteiger partial charge in [0.15, 0.2) is 0 Å². The number of aromatic nitrogens is 1. The van der Waals surface area contributed by atoms with Gasteiger partial charge in [-0.25, -0.2) is 13.1 Å². The maximum atomic E-state index is 13.0. The fourth-order valence-corrected chi connectivity index (χ4v) is 4.89. The van der Waals surface area contributed by atoms with E-state index >= 15 is 0 Å². The van der Waals surface area contributed by atoms with E-state index in [9.17, 15) is 13.2 Å². The van der Waals surface area contributed by atoms with E-state index in [1.807, 2.05) is 24.3 Å². The first-order valence-electron chi connectivity index (χ1n) is 10.1. The van der Waals surface area contributed by atoms with Crippen molar-refractivity contribution in [2.24, 2.45) is 7.05 Å². The summed E-state index contributed by atoms with van der Waals surface area (Å²) in [6.07, 6.45) is 0. The maximum absolute atomic E-state index is 13.0. The molecule has 0 saturated carbocycles. The standard InChI is InChI=1S/C24H22ClN3O5S/c1-28-22(24(29)27-34(30,31)18-9-5-8-17(13-18)33-3)14-19-21(11-10-20(25)23(19)28)26-15-6-4-7-16(12-15)32-2/h4-14,26H,1-3H3,(H,27,29). The number of ether oxygens (including phenoxy) is 2. The Morgan fingerprint density at radius 2 is 1.62 bits per heavy atom. The van der Waals surface area contributed by atoms with Crippen molar-refractivity contribution in [1.82, 2.24) is 9.29 Å². The SMILES string of the molecule is COc1cccc(Nc2ccc(Cl)c3c2cc(C(=O)NS(=O)(=O)c2cccc(OC)c2)n3C)c1. The van der Waals surface area contributed by atoms with Gasteiger partial charge in [-0.05, 0) is 42.5 Å². The maximum Gasteiger partial charge on any atom is 0.281 e. The summed E-state index contributed by atoms with van der Waals surface area (Å²) < 4.78 is 39.6. The van der Waals surface area contributed by atoms with Gasteiger partial charge in [0, 0.05) is 35.9 Å². The van der Waals surface area contributed by atoms with Crippen LogP contribution in [0.15, 0.2) is 71.6 Å². The highest BCUT2D eigenvalue weighted by Gasteiger charge is 2.23. The van der Waals surface area contributed by atoms with Crippen molar-refractivity contribution in [3.63, 3.8) is 0 Å². The van der Waals surface area contributed by atoms with Gasteiger partial charge in [-0.3, -0.25) is 4.79 Å². The molecule has 2 N–H and O–H groups in total. The summed E-state index contributed by atoms with van der Waals surface area (Å²) in [6, 6.07) is 18.3. The normalized spacial score (nSPS) is 11.3. The molecule has 34 heavy (non-hydrogen) atoms. The number of methoxy groups -OCH3 is 2. The predicted octanol–water partition coefficient (Wildman–Crippen LogP) is 4.71. The van der Waals surface area contributed by atoms with E-state index < -0.39 is 15.9 Å². The summed E-state index contributed by atoms with van der Waals surface area (Å²) in [6.45, 7) is 0. The molecule has 1 heterocycles. The molecule has 0 fully saturated rings. The molecule has 0 atom stereocenters. The molecule has 8 nitrogen and oxygen atoms in total. The lowest BCUT2D eigenvalue weighted by atomic mass is 10.2. The third-order valence-corrected chi connectivity index (χ3v) is 6.94. The number of rotatable bonds is 7. The average Bonchev–Trinajstić information content (AvgIpc) is 3.19. The number of halogens is 1. The van der Waals surface area contributed by atoms with Crippen LogP contribution in [0.25, 0.3) is 10.9 Å². The number of sulfonamides is 1. The van der Waals surface area contributed by atoms with Crippen molar-refractivity contribution in [3.05, 3.63) is 77.4 Å². The number of amides is 1. The second-order valence-electron chi connectivity index (χ2n) is 7.42. The van der Waals surface area contributed by atoms with Crippen LogP contribution in [0, 0.1) is 0 Å². The van der Waals surface area contributed by atoms with Gasteiger partial charge in [0.25, 0.3) is 15.9 Å². The molecule has 0 unspecified atom stereocenters. The molecule has 1 aromatic heterocycles. The zero-order valence-corrected chi connectivity index (χ0v) is 20.2. The Labute approximate surface area is 202 Å². The summed E-state index contributed by atoms with van der Waals surface area (Å²) in [7, 11) is 0.539. The minimum absolute atomic E-state index is 0.0858. The summed E-state index contributed by atoms with van der Waals surface area (Å²) in [5, 5.41) is 4.37. The Kier molecular flexibility index (Phi) is 6.41. The van der Waals surface area contributed by atoms with E-state index in [2.05, 4.69) is 10.0 Å². The molecule has 0 aliphatic rings. The molecule has 10 heteroatoms. The number of anilines is 2. The number of hydrogen-bond donors (Lipinski definition) is 2. The quantitative estimate of drug-likeness (QED) is 0.382. The summed E-state index contributed by atoms with van der Waals surface area (Å²) in [5.74, 6) is 0.260. The number of nitrogens with one attached hydrogen (secondary N) is 2. The Morgan fingerprint density at radius 1 is 0.941 bits per heavy atom. The molecule has 4 rings (SSSR count). The zero-order valence-electron chi connectivity index (χ0n) is 18.6. The molecule has 1 amide bonds. The van der Waals surface area contributed by atoms with E-state index in [-0.39, 0.29) is 10.6 Å². The van der Waals surface area contributed by atoms with Crippen LogP contribution in [0.1, 0.15) is 10.5 Å². The molecular formula is C24H22ClN3O5S. The van der Waals surface area contributed by atoms with Crippen LogP contribution in [-0.2, 0) is 17.1 Å². The van der Waals surface area contributed by atoms with Gasteiger partial charge in [0.2, 0.25) is 0 Å². The van der Waals surface area contributed by atoms with E-state index in [1.54, 1.807) is 43.0 Å². The van der Waals surface area contributed by atoms with Crippen molar-refractivity contribution in [2.45, 2.75) is 4.90 Å². The van der Waals surface area contributed by atoms with E-state index in [0.29, 0.717) is 33.1 Å². The number of carbonyl (C=O) groups excluding carboxylic acids is 1. The molecule has 176 valence electrons. The highest BCUT2D eigenvalue weighted by atomic mass is 35.5. The fourth-order valence-electron chi connectivity index (χ4n) is 3.61. The van der Waals surface area contributed by atoms with Crippen molar-refractivity contribution < 1.29 is 22.7 Å². The third-order valence-electron chi connectivity index (χ3n) is 5.31. The van der Waals surface area contributed by atoms with Crippen molar-refractivity contribution in [3.8, 4) is 11.5 Å². The molecule has 4 aromatic rings. The average molecular weight is 500 g/mol. The van der Waals surface area contributed by atoms with Crippen LogP contribution in [0.5, 0.6) is 11.5 Å². The van der Waals surface area contributed by atoms with E-state index in [1.165, 1.54) is 25.3 Å². The lowest BCUT2D eigenvalue weighted by Crippen LogP contribution is -2.31. The first kappa shape index (κ1) is 23.5. The fraction of sp³-hybridized carbons (Fsp3) is 0.125. The molecule has 0 bridgehead atoms. The first-order valence-corrected chi connectivity index (χ1v) is 12.0. The van der Waals surface area contributed by atoms with Crippen molar-refractivity contribution in [1.29, 1.82) is 0 Å². The van der Waals surface area contributed by atoms with Gasteiger partial charge in [0.1, 0.15) is 17.2 Å². The van der Waals surface area contributed by atoms with Gasteiger partial charge in [0.05, 0.1) is 29.7 Å². The first-order chi connectivity index (χ1) is 16.2. The molecular weight excluding hydrogens is 478 g/mol. The van der Waals surface area contributed by atoms with Crippen LogP contribution in [0.3, 0.4) is 0 Å². The molecule has 0 aliphatic carbocycles. The lowest BCUT2D eigenvalue weighted by molar-refractivity contribution is 0.0974. The Hall–Kier alpha value is -3.69. The molecule has 0 saturated heterocycles. The number of carbonyl (C=O) groups is 1. The van der Waals surface area contributed by atoms with E-state index in [4.69, 9.17) is 21.1 Å². The lowest BCUT2D eigenvalue weighted by Gasteiger charge is -2.11. The van der Waals surface area contributed by atoms with Crippen LogP contribution >= 0.6 is 11.6 Å². The summed E-state index contributed by atoms with van der Waals surface area (Å²) >= 11 is 6.43. The molecule has 0 spiro atoms. The highest BCUT2D eigenvalue weighted by Crippen LogP contribution is 2.34. The molecule has 3 aromatic carbocycles. The monoisotopic (exact) mass is 499 g/mol. The van der Waals surface area contributed by atoms with E-state index in [0.717, 1.165) is 5.69 Å². The van der Waals surface area contributed by atoms with Crippen LogP contribution in [-0.4, -0.2) is 33.1 Å². The second-order valence-corrected chi connectivity index (χ2v) is 9.51. The van der Waals surface area contributed by atoms with Gasteiger partial charge in [-0.1, -0.05) is 23.7 Å². The minimum Gasteiger partial charge on any atom is -0.497 e. The predicted molar refractivity (Wildman–Crippen MR) is 132 cm³/mol. The largest absolute Gasteiger partial charge is 0.497 e. The van der Waals surface area contributed by atoms with Gasteiger partial charge < -0.3 is 19.4 Å². The van der Waals surface area contributed by atoms with Crippen molar-refractivity contribution >= 4 is 49.8 Å². The van der Waals surface area contributed by atoms with Crippen LogP contribution in [0.4, 0.5) is 11.4 Å². The minimum atomic E-state index is -4.13. The Bertz CT molecular complexity index is 1500. The van der Waals surface area contributed by atoms with Crippen LogP contribution < -0.4 is 19.5 Å². The van der Waals surface area contributed by atoms with Gasteiger partial charge in [-0.15, -0.1) is 0 Å². The summed E-state index contributed by atoms with van der Waals surface area (Å²) in [4.78, 5) is 12.9. The van der Waals surface area contributed by atoms with Gasteiger partial charge in [-0.2, -0.15) is 0 Å². The molecule has 0 radical (unpaired) electrons. The Balaban J connectivity index is 1.70. The number of nitrogens with zero attached hydrogens (tertiary/aromatic N) is 1. The van der Waals surface area contributed by atoms with Gasteiger partial charge >= 0.3 is 0 Å².